The number of benzene rings is 6. The van der Waals surface area contributed by atoms with Crippen molar-refractivity contribution in [1.29, 1.82) is 0 Å². The van der Waals surface area contributed by atoms with Crippen molar-refractivity contribution in [1.82, 2.24) is 4.90 Å². The molecule has 2 fully saturated rings. The molecule has 0 aromatic heterocycles. The van der Waals surface area contributed by atoms with Crippen LogP contribution in [0.1, 0.15) is 63.8 Å². The van der Waals surface area contributed by atoms with Crippen LogP contribution in [0, 0.1) is 0 Å². The topological polar surface area (TPSA) is 173 Å². The van der Waals surface area contributed by atoms with E-state index in [0.29, 0.717) is 0 Å². The molecule has 3 aliphatic rings. The van der Waals surface area contributed by atoms with E-state index < -0.39 is 84.1 Å². The second-order valence-electron chi connectivity index (χ2n) is 16.5. The van der Waals surface area contributed by atoms with E-state index in [-0.39, 0.29) is 54.1 Å². The number of aliphatic hydroxyl groups excluding tert-OH is 1. The highest BCUT2D eigenvalue weighted by Crippen LogP contribution is 2.41. The summed E-state index contributed by atoms with van der Waals surface area (Å²) in [5.41, 5.74) is 0.753. The highest BCUT2D eigenvalue weighted by atomic mass is 32.2. The second-order valence-corrected chi connectivity index (χ2v) is 17.6. The maximum Gasteiger partial charge on any atom is 0.338 e. The molecule has 352 valence electrons. The Hall–Kier alpha value is -6.98. The fraction of sp³-hybridized carbons (Fsp3) is 0.241. The largest absolute Gasteiger partial charge is 0.459 e. The number of fused-ring (bicyclic) bond motifs is 1. The summed E-state index contributed by atoms with van der Waals surface area (Å²) in [5, 5.41) is 12.9. The van der Waals surface area contributed by atoms with Gasteiger partial charge in [-0.3, -0.25) is 14.5 Å². The Morgan fingerprint density at radius 2 is 1.10 bits per heavy atom. The van der Waals surface area contributed by atoms with E-state index in [1.165, 1.54) is 11.8 Å². The molecule has 0 unspecified atom stereocenters. The number of imide groups is 1. The molecule has 9 rings (SSSR count). The number of rotatable bonds is 16. The molecule has 3 aliphatic heterocycles. The first-order valence-corrected chi connectivity index (χ1v) is 23.3. The van der Waals surface area contributed by atoms with Crippen molar-refractivity contribution in [3.05, 3.63) is 209 Å². The minimum absolute atomic E-state index is 0.131. The molecule has 9 atom stereocenters. The van der Waals surface area contributed by atoms with E-state index in [9.17, 15) is 29.1 Å². The van der Waals surface area contributed by atoms with E-state index in [2.05, 4.69) is 0 Å². The van der Waals surface area contributed by atoms with Gasteiger partial charge >= 0.3 is 17.9 Å². The first kappa shape index (κ1) is 47.1. The van der Waals surface area contributed by atoms with Crippen molar-refractivity contribution < 1.29 is 62.2 Å². The highest BCUT2D eigenvalue weighted by Gasteiger charge is 2.56. The first-order chi connectivity index (χ1) is 33.7. The van der Waals surface area contributed by atoms with E-state index in [0.717, 1.165) is 15.4 Å². The SMILES string of the molecule is O=C(OC[C@@H]1C[C@H](OC(=O)c2ccccc2)[C@@H](OC(=O)c2ccccc2)[C@H](O[C@H]2[C@H](O)[C@@H](N3C(=O)c4ccccc4C3=O)[C@H](Sc3ccccc3)O[C@@H]2COCc2ccccc2)O1)c1ccccc1. The number of hydrogen-bond acceptors (Lipinski definition) is 14. The van der Waals surface area contributed by atoms with Crippen molar-refractivity contribution in [2.24, 2.45) is 0 Å². The molecule has 1 N–H and O–H groups in total. The summed E-state index contributed by atoms with van der Waals surface area (Å²) in [4.78, 5) is 71.4. The Balaban J connectivity index is 1.10. The Labute approximate surface area is 402 Å². The minimum Gasteiger partial charge on any atom is -0.459 e. The molecule has 2 saturated heterocycles. The predicted octanol–water partition coefficient (Wildman–Crippen LogP) is 7.55. The quantitative estimate of drug-likeness (QED) is 0.0572. The summed E-state index contributed by atoms with van der Waals surface area (Å²) in [7, 11) is 0. The number of carbonyl (C=O) groups excluding carboxylic acids is 5. The van der Waals surface area contributed by atoms with Gasteiger partial charge in [0.1, 0.15) is 42.5 Å². The normalized spacial score (nSPS) is 24.2. The fourth-order valence-corrected chi connectivity index (χ4v) is 9.64. The number of hydrogen-bond donors (Lipinski definition) is 1. The minimum atomic E-state index is -1.71. The number of thioether (sulfide) groups is 1. The zero-order valence-electron chi connectivity index (χ0n) is 37.0. The van der Waals surface area contributed by atoms with E-state index in [1.54, 1.807) is 115 Å². The van der Waals surface area contributed by atoms with Gasteiger partial charge in [-0.05, 0) is 66.2 Å². The average Bonchev–Trinajstić information content (AvgIpc) is 3.64. The highest BCUT2D eigenvalue weighted by molar-refractivity contribution is 7.99. The van der Waals surface area contributed by atoms with E-state index in [1.807, 2.05) is 60.7 Å². The third kappa shape index (κ3) is 11.0. The Kier molecular flexibility index (Phi) is 15.0. The number of nitrogens with zero attached hydrogens (tertiary/aromatic N) is 1. The molecule has 0 saturated carbocycles. The van der Waals surface area contributed by atoms with Crippen molar-refractivity contribution in [2.45, 2.75) is 72.3 Å². The van der Waals surface area contributed by atoms with Crippen molar-refractivity contribution in [3.8, 4) is 0 Å². The maximum atomic E-state index is 14.3. The van der Waals surface area contributed by atoms with Gasteiger partial charge < -0.3 is 38.3 Å². The molecule has 6 aromatic rings. The van der Waals surface area contributed by atoms with Gasteiger partial charge in [-0.2, -0.15) is 0 Å². The van der Waals surface area contributed by atoms with Crippen LogP contribution >= 0.6 is 11.8 Å². The molecule has 0 aliphatic carbocycles. The summed E-state index contributed by atoms with van der Waals surface area (Å²) in [6, 6.07) is 48.3. The Morgan fingerprint density at radius 3 is 1.68 bits per heavy atom. The van der Waals surface area contributed by atoms with Gasteiger partial charge in [0.15, 0.2) is 12.4 Å². The van der Waals surface area contributed by atoms with Gasteiger partial charge in [-0.15, -0.1) is 0 Å². The molecular formula is C54H47NO13S. The molecule has 0 radical (unpaired) electrons. The lowest BCUT2D eigenvalue weighted by Gasteiger charge is -2.49. The standard InChI is InChI=1S/C54H47NO13S/c56-45-44(55-48(57)40-28-16-17-29-41(40)49(55)58)54(69-39-26-14-5-15-27-39)66-43(33-62-31-34-18-6-1-7-19-34)46(45)68-53-47(67-52(61)37-24-12-4-13-25-37)42(65-51(60)36-22-10-3-11-23-36)30-38(64-53)32-63-50(59)35-20-8-2-9-21-35/h1-29,38,42-47,53-54,56H,30-33H2/t38-,42-,43+,44+,45+,46+,47+,53-,54-/m0/s1. The number of aliphatic hydroxyl groups is 1. The van der Waals surface area contributed by atoms with Crippen LogP contribution in [-0.4, -0.2) is 107 Å². The molecule has 0 bridgehead atoms. The molecule has 15 heteroatoms. The first-order valence-electron chi connectivity index (χ1n) is 22.4. The van der Waals surface area contributed by atoms with Crippen LogP contribution in [0.2, 0.25) is 0 Å². The van der Waals surface area contributed by atoms with Crippen LogP contribution in [0.3, 0.4) is 0 Å². The van der Waals surface area contributed by atoms with Gasteiger partial charge in [-0.1, -0.05) is 127 Å². The maximum absolute atomic E-state index is 14.3. The third-order valence-corrected chi connectivity index (χ3v) is 13.0. The Bertz CT molecular complexity index is 2680. The molecule has 0 spiro atoms. The smallest absolute Gasteiger partial charge is 0.338 e. The lowest BCUT2D eigenvalue weighted by molar-refractivity contribution is -0.316. The molecule has 14 nitrogen and oxygen atoms in total. The summed E-state index contributed by atoms with van der Waals surface area (Å²) >= 11 is 1.20. The van der Waals surface area contributed by atoms with Crippen LogP contribution in [0.5, 0.6) is 0 Å². The second kappa shape index (κ2) is 22.0. The number of esters is 3. The molecule has 6 aromatic carbocycles. The summed E-state index contributed by atoms with van der Waals surface area (Å²) in [6.45, 7) is -0.387. The summed E-state index contributed by atoms with van der Waals surface area (Å²) in [5.74, 6) is -3.49. The monoisotopic (exact) mass is 949 g/mol. The fourth-order valence-electron chi connectivity index (χ4n) is 8.44. The number of ether oxygens (including phenoxy) is 7. The lowest BCUT2D eigenvalue weighted by Crippen LogP contribution is -2.66. The number of carbonyl (C=O) groups is 5. The van der Waals surface area contributed by atoms with Crippen LogP contribution in [0.25, 0.3) is 0 Å². The third-order valence-electron chi connectivity index (χ3n) is 11.8. The van der Waals surface area contributed by atoms with Crippen molar-refractivity contribution >= 4 is 41.5 Å². The van der Waals surface area contributed by atoms with E-state index >= 15 is 0 Å². The van der Waals surface area contributed by atoms with Gasteiger partial charge in [-0.25, -0.2) is 14.4 Å². The predicted molar refractivity (Wildman–Crippen MR) is 250 cm³/mol. The van der Waals surface area contributed by atoms with Crippen LogP contribution in [0.4, 0.5) is 0 Å². The van der Waals surface area contributed by atoms with Crippen LogP contribution in [0.15, 0.2) is 181 Å². The average molecular weight is 950 g/mol. The van der Waals surface area contributed by atoms with Crippen LogP contribution < -0.4 is 0 Å². The zero-order chi connectivity index (χ0) is 47.7. The molecule has 69 heavy (non-hydrogen) atoms. The zero-order valence-corrected chi connectivity index (χ0v) is 37.8. The molecule has 2 amide bonds. The van der Waals surface area contributed by atoms with Crippen molar-refractivity contribution in [3.63, 3.8) is 0 Å². The summed E-state index contributed by atoms with van der Waals surface area (Å²) in [6.07, 6.45) is -9.95. The number of amides is 2. The van der Waals surface area contributed by atoms with Crippen LogP contribution in [-0.2, 0) is 39.8 Å². The Morgan fingerprint density at radius 1 is 0.594 bits per heavy atom. The van der Waals surface area contributed by atoms with E-state index in [4.69, 9.17) is 33.2 Å². The van der Waals surface area contributed by atoms with Gasteiger partial charge in [0.2, 0.25) is 0 Å². The lowest BCUT2D eigenvalue weighted by atomic mass is 9.95. The summed E-state index contributed by atoms with van der Waals surface area (Å²) < 4.78 is 44.6. The van der Waals surface area contributed by atoms with Gasteiger partial charge in [0.05, 0.1) is 47.1 Å². The molecular weight excluding hydrogens is 903 g/mol. The van der Waals surface area contributed by atoms with Gasteiger partial charge in [0, 0.05) is 11.3 Å². The van der Waals surface area contributed by atoms with Gasteiger partial charge in [0.25, 0.3) is 11.8 Å². The van der Waals surface area contributed by atoms with Crippen molar-refractivity contribution in [2.75, 3.05) is 13.2 Å². The molecule has 3 heterocycles.